The van der Waals surface area contributed by atoms with Crippen LogP contribution in [-0.2, 0) is 0 Å². The molecule has 0 spiro atoms. The van der Waals surface area contributed by atoms with Crippen LogP contribution in [0, 0.1) is 0 Å². The van der Waals surface area contributed by atoms with E-state index in [1.54, 1.807) is 4.90 Å². The highest BCUT2D eigenvalue weighted by Crippen LogP contribution is 2.23. The molecule has 1 aromatic rings. The highest BCUT2D eigenvalue weighted by atomic mass is 79.9. The quantitative estimate of drug-likeness (QED) is 0.739. The van der Waals surface area contributed by atoms with E-state index in [0.29, 0.717) is 6.54 Å². The fourth-order valence-corrected chi connectivity index (χ4v) is 3.10. The van der Waals surface area contributed by atoms with E-state index in [-0.39, 0.29) is 12.5 Å². The van der Waals surface area contributed by atoms with Crippen molar-refractivity contribution in [2.75, 3.05) is 19.7 Å². The van der Waals surface area contributed by atoms with Gasteiger partial charge < -0.3 is 10.0 Å². The molecule has 0 aliphatic carbocycles. The minimum absolute atomic E-state index is 0.0199. The summed E-state index contributed by atoms with van der Waals surface area (Å²) in [7, 11) is 0. The summed E-state index contributed by atoms with van der Waals surface area (Å²) in [5.41, 5.74) is 0. The number of amides is 1. The van der Waals surface area contributed by atoms with Crippen LogP contribution in [0.4, 0.5) is 0 Å². The molecule has 0 saturated heterocycles. The maximum atomic E-state index is 12.2. The lowest BCUT2D eigenvalue weighted by molar-refractivity contribution is 0.0723. The second kappa shape index (κ2) is 8.67. The van der Waals surface area contributed by atoms with Gasteiger partial charge in [0.1, 0.15) is 0 Å². The van der Waals surface area contributed by atoms with E-state index in [2.05, 4.69) is 22.9 Å². The Balaban J connectivity index is 2.52. The maximum absolute atomic E-state index is 12.2. The number of hydrogen-bond donors (Lipinski definition) is 1. The van der Waals surface area contributed by atoms with Crippen molar-refractivity contribution in [3.8, 4) is 0 Å². The second-order valence-corrected chi connectivity index (χ2v) is 6.64. The molecule has 0 bridgehead atoms. The van der Waals surface area contributed by atoms with Gasteiger partial charge in [0.15, 0.2) is 0 Å². The number of carbonyl (C=O) groups is 1. The molecule has 18 heavy (non-hydrogen) atoms. The minimum Gasteiger partial charge on any atom is -0.395 e. The van der Waals surface area contributed by atoms with E-state index in [9.17, 15) is 4.79 Å². The van der Waals surface area contributed by atoms with Crippen molar-refractivity contribution < 1.29 is 9.90 Å². The third-order valence-corrected chi connectivity index (χ3v) is 4.33. The Bertz CT molecular complexity index is 368. The first kappa shape index (κ1) is 15.7. The summed E-state index contributed by atoms with van der Waals surface area (Å²) >= 11 is 4.80. The van der Waals surface area contributed by atoms with E-state index >= 15 is 0 Å². The molecule has 1 amide bonds. The van der Waals surface area contributed by atoms with Crippen molar-refractivity contribution in [1.29, 1.82) is 0 Å². The number of aliphatic hydroxyl groups excluding tert-OH is 1. The highest BCUT2D eigenvalue weighted by Gasteiger charge is 2.16. The zero-order chi connectivity index (χ0) is 13.4. The van der Waals surface area contributed by atoms with Crippen LogP contribution in [0.2, 0.25) is 0 Å². The highest BCUT2D eigenvalue weighted by molar-refractivity contribution is 9.11. The van der Waals surface area contributed by atoms with Crippen molar-refractivity contribution in [3.63, 3.8) is 0 Å². The summed E-state index contributed by atoms with van der Waals surface area (Å²) in [5.74, 6) is 0.0243. The number of hydrogen-bond acceptors (Lipinski definition) is 3. The van der Waals surface area contributed by atoms with Gasteiger partial charge in [0.2, 0.25) is 0 Å². The maximum Gasteiger partial charge on any atom is 0.264 e. The van der Waals surface area contributed by atoms with Gasteiger partial charge in [-0.2, -0.15) is 0 Å². The molecule has 1 heterocycles. The Kier molecular flexibility index (Phi) is 7.54. The van der Waals surface area contributed by atoms with Gasteiger partial charge in [-0.05, 0) is 34.5 Å². The van der Waals surface area contributed by atoms with Gasteiger partial charge in [0.05, 0.1) is 15.3 Å². The van der Waals surface area contributed by atoms with Crippen LogP contribution in [0.25, 0.3) is 0 Å². The van der Waals surface area contributed by atoms with Gasteiger partial charge in [0, 0.05) is 13.1 Å². The topological polar surface area (TPSA) is 40.5 Å². The molecule has 3 nitrogen and oxygen atoms in total. The smallest absolute Gasteiger partial charge is 0.264 e. The van der Waals surface area contributed by atoms with Gasteiger partial charge >= 0.3 is 0 Å². The standard InChI is InChI=1S/C13H20BrNO2S/c1-2-3-4-5-8-15(9-10-16)13(17)11-6-7-12(14)18-11/h6-7,16H,2-5,8-10H2,1H3. The molecule has 0 unspecified atom stereocenters. The Morgan fingerprint density at radius 1 is 1.33 bits per heavy atom. The van der Waals surface area contributed by atoms with Crippen molar-refractivity contribution in [2.45, 2.75) is 32.6 Å². The number of unbranched alkanes of at least 4 members (excludes halogenated alkanes) is 3. The molecule has 5 heteroatoms. The third-order valence-electron chi connectivity index (χ3n) is 2.72. The van der Waals surface area contributed by atoms with Crippen LogP contribution in [-0.4, -0.2) is 35.6 Å². The van der Waals surface area contributed by atoms with Crippen molar-refractivity contribution in [2.24, 2.45) is 0 Å². The summed E-state index contributed by atoms with van der Waals surface area (Å²) in [5, 5.41) is 9.04. The molecule has 0 aromatic carbocycles. The van der Waals surface area contributed by atoms with E-state index in [1.165, 1.54) is 24.2 Å². The molecule has 0 radical (unpaired) electrons. The van der Waals surface area contributed by atoms with Gasteiger partial charge in [-0.3, -0.25) is 4.79 Å². The monoisotopic (exact) mass is 333 g/mol. The summed E-state index contributed by atoms with van der Waals surface area (Å²) in [4.78, 5) is 14.7. The Labute approximate surface area is 121 Å². The lowest BCUT2D eigenvalue weighted by Crippen LogP contribution is -2.34. The SMILES string of the molecule is CCCCCCN(CCO)C(=O)c1ccc(Br)s1. The molecule has 1 rings (SSSR count). The largest absolute Gasteiger partial charge is 0.395 e. The fraction of sp³-hybridized carbons (Fsp3) is 0.615. The van der Waals surface area contributed by atoms with Crippen LogP contribution in [0.1, 0.15) is 42.3 Å². The van der Waals surface area contributed by atoms with Crippen LogP contribution in [0.3, 0.4) is 0 Å². The van der Waals surface area contributed by atoms with Crippen molar-refractivity contribution in [3.05, 3.63) is 20.8 Å². The van der Waals surface area contributed by atoms with Crippen LogP contribution >= 0.6 is 27.3 Å². The molecular weight excluding hydrogens is 314 g/mol. The molecule has 0 saturated carbocycles. The summed E-state index contributed by atoms with van der Waals surface area (Å²) in [6, 6.07) is 3.71. The third kappa shape index (κ3) is 5.08. The first-order valence-electron chi connectivity index (χ1n) is 6.34. The molecule has 0 aliphatic heterocycles. The van der Waals surface area contributed by atoms with Crippen molar-refractivity contribution in [1.82, 2.24) is 4.90 Å². The summed E-state index contributed by atoms with van der Waals surface area (Å²) in [6.07, 6.45) is 4.53. The van der Waals surface area contributed by atoms with Gasteiger partial charge in [-0.15, -0.1) is 11.3 Å². The second-order valence-electron chi connectivity index (χ2n) is 4.18. The molecule has 102 valence electrons. The average Bonchev–Trinajstić information content (AvgIpc) is 2.79. The van der Waals surface area contributed by atoms with Gasteiger partial charge in [-0.25, -0.2) is 0 Å². The summed E-state index contributed by atoms with van der Waals surface area (Å²) < 4.78 is 0.959. The van der Waals surface area contributed by atoms with E-state index < -0.39 is 0 Å². The summed E-state index contributed by atoms with van der Waals surface area (Å²) in [6.45, 7) is 3.33. The lowest BCUT2D eigenvalue weighted by Gasteiger charge is -2.21. The first-order valence-corrected chi connectivity index (χ1v) is 7.95. The molecule has 0 fully saturated rings. The number of aliphatic hydroxyl groups is 1. The van der Waals surface area contributed by atoms with Crippen LogP contribution in [0.5, 0.6) is 0 Å². The molecule has 0 atom stereocenters. The Morgan fingerprint density at radius 2 is 2.11 bits per heavy atom. The van der Waals surface area contributed by atoms with Gasteiger partial charge in [-0.1, -0.05) is 26.2 Å². The zero-order valence-corrected chi connectivity index (χ0v) is 13.1. The number of halogens is 1. The Hall–Kier alpha value is -0.390. The molecule has 1 N–H and O–H groups in total. The normalized spacial score (nSPS) is 10.6. The van der Waals surface area contributed by atoms with Crippen LogP contribution in [0.15, 0.2) is 15.9 Å². The van der Waals surface area contributed by atoms with E-state index in [1.807, 2.05) is 12.1 Å². The Morgan fingerprint density at radius 3 is 2.67 bits per heavy atom. The lowest BCUT2D eigenvalue weighted by atomic mass is 10.2. The fourth-order valence-electron chi connectivity index (χ4n) is 1.75. The number of nitrogens with zero attached hydrogens (tertiary/aromatic N) is 1. The van der Waals surface area contributed by atoms with E-state index in [0.717, 1.165) is 28.0 Å². The predicted molar refractivity (Wildman–Crippen MR) is 79.2 cm³/mol. The minimum atomic E-state index is 0.0199. The van der Waals surface area contributed by atoms with Crippen LogP contribution < -0.4 is 0 Å². The average molecular weight is 334 g/mol. The zero-order valence-electron chi connectivity index (χ0n) is 10.7. The number of thiophene rings is 1. The molecule has 1 aromatic heterocycles. The number of rotatable bonds is 8. The molecule has 0 aliphatic rings. The predicted octanol–water partition coefficient (Wildman–Crippen LogP) is 3.53. The van der Waals surface area contributed by atoms with E-state index in [4.69, 9.17) is 5.11 Å². The number of carbonyl (C=O) groups excluding carboxylic acids is 1. The van der Waals surface area contributed by atoms with Crippen molar-refractivity contribution >= 4 is 33.2 Å². The van der Waals surface area contributed by atoms with Gasteiger partial charge in [0.25, 0.3) is 5.91 Å². The first-order chi connectivity index (χ1) is 8.69. The molecular formula is C13H20BrNO2S.